The van der Waals surface area contributed by atoms with Crippen LogP contribution < -0.4 is 11.2 Å². The number of fused-ring (bicyclic) bond motifs is 1. The van der Waals surface area contributed by atoms with Crippen LogP contribution in [0.25, 0.3) is 20.8 Å². The van der Waals surface area contributed by atoms with E-state index < -0.39 is 29.7 Å². The second-order valence-electron chi connectivity index (χ2n) is 5.96. The van der Waals surface area contributed by atoms with Gasteiger partial charge in [-0.25, -0.2) is 9.78 Å². The molecule has 0 bridgehead atoms. The summed E-state index contributed by atoms with van der Waals surface area (Å²) in [5.74, 6) is 0. The maximum Gasteiger partial charge on any atom is 0.330 e. The van der Waals surface area contributed by atoms with E-state index in [4.69, 9.17) is 16.3 Å². The fourth-order valence-electron chi connectivity index (χ4n) is 2.92. The topological polar surface area (TPSA) is 117 Å². The molecule has 3 aromatic rings. The molecule has 10 heteroatoms. The molecule has 1 aliphatic rings. The highest BCUT2D eigenvalue weighted by molar-refractivity contribution is 7.21. The Bertz CT molecular complexity index is 1090. The number of rotatable bonds is 3. The van der Waals surface area contributed by atoms with Gasteiger partial charge >= 0.3 is 5.69 Å². The van der Waals surface area contributed by atoms with Crippen molar-refractivity contribution in [2.45, 2.75) is 24.9 Å². The second kappa shape index (κ2) is 6.60. The van der Waals surface area contributed by atoms with Crippen LogP contribution in [0, 0.1) is 0 Å². The number of H-pyrrole nitrogens is 1. The van der Waals surface area contributed by atoms with E-state index >= 15 is 0 Å². The quantitative estimate of drug-likeness (QED) is 0.611. The Kier molecular flexibility index (Phi) is 4.41. The van der Waals surface area contributed by atoms with Gasteiger partial charge in [0.2, 0.25) is 0 Å². The van der Waals surface area contributed by atoms with Crippen LogP contribution in [0.5, 0.6) is 0 Å². The molecular weight excluding hydrogens is 382 g/mol. The van der Waals surface area contributed by atoms with E-state index in [1.54, 1.807) is 12.1 Å². The molecule has 3 atom stereocenters. The lowest BCUT2D eigenvalue weighted by atomic mass is 10.2. The van der Waals surface area contributed by atoms with Crippen molar-refractivity contribution in [3.8, 4) is 10.6 Å². The van der Waals surface area contributed by atoms with Crippen molar-refractivity contribution >= 4 is 33.2 Å². The van der Waals surface area contributed by atoms with E-state index in [2.05, 4.69) is 9.97 Å². The Morgan fingerprint density at radius 2 is 2.23 bits per heavy atom. The number of aromatic amines is 1. The van der Waals surface area contributed by atoms with Crippen molar-refractivity contribution in [1.29, 1.82) is 0 Å². The third-order valence-corrected chi connectivity index (χ3v) is 5.55. The maximum atomic E-state index is 12.3. The summed E-state index contributed by atoms with van der Waals surface area (Å²) < 4.78 is 7.56. The van der Waals surface area contributed by atoms with Crippen LogP contribution in [0.3, 0.4) is 0 Å². The number of aliphatic hydroxyl groups is 2. The van der Waals surface area contributed by atoms with Crippen molar-refractivity contribution in [2.75, 3.05) is 6.61 Å². The van der Waals surface area contributed by atoms with Crippen LogP contribution in [0.1, 0.15) is 12.6 Å². The van der Waals surface area contributed by atoms with Gasteiger partial charge in [-0.05, 0) is 18.2 Å². The van der Waals surface area contributed by atoms with Crippen LogP contribution in [0.4, 0.5) is 0 Å². The lowest BCUT2D eigenvalue weighted by Crippen LogP contribution is -2.33. The zero-order valence-electron chi connectivity index (χ0n) is 13.3. The monoisotopic (exact) mass is 395 g/mol. The van der Waals surface area contributed by atoms with Gasteiger partial charge in [0.1, 0.15) is 17.3 Å². The molecule has 1 saturated heterocycles. The van der Waals surface area contributed by atoms with Crippen molar-refractivity contribution < 1.29 is 14.9 Å². The normalized spacial score (nSPS) is 23.0. The third-order valence-electron chi connectivity index (χ3n) is 4.24. The predicted octanol–water partition coefficient (Wildman–Crippen LogP) is 1.11. The number of nitrogens with zero attached hydrogens (tertiary/aromatic N) is 2. The maximum absolute atomic E-state index is 12.3. The first kappa shape index (κ1) is 17.4. The number of benzene rings is 1. The molecule has 8 nitrogen and oxygen atoms in total. The Hall–Kier alpha value is -2.04. The molecular formula is C16H14ClN3O5S. The SMILES string of the molecule is O=c1[nH]c(=O)n([C@H]2C[C@H](O)[C@@H](CO)O2)cc1-c1nc2cc(Cl)ccc2s1. The van der Waals surface area contributed by atoms with E-state index in [9.17, 15) is 19.8 Å². The molecule has 3 heterocycles. The Morgan fingerprint density at radius 1 is 1.42 bits per heavy atom. The van der Waals surface area contributed by atoms with Gasteiger partial charge in [-0.15, -0.1) is 11.3 Å². The zero-order valence-corrected chi connectivity index (χ0v) is 14.8. The second-order valence-corrected chi connectivity index (χ2v) is 7.42. The summed E-state index contributed by atoms with van der Waals surface area (Å²) in [7, 11) is 0. The van der Waals surface area contributed by atoms with Gasteiger partial charge < -0.3 is 14.9 Å². The molecule has 0 radical (unpaired) electrons. The van der Waals surface area contributed by atoms with Gasteiger partial charge in [-0.3, -0.25) is 14.3 Å². The zero-order chi connectivity index (χ0) is 18.4. The minimum absolute atomic E-state index is 0.131. The lowest BCUT2D eigenvalue weighted by Gasteiger charge is -2.14. The molecule has 3 N–H and O–H groups in total. The van der Waals surface area contributed by atoms with E-state index in [0.29, 0.717) is 15.5 Å². The van der Waals surface area contributed by atoms with E-state index in [-0.39, 0.29) is 18.6 Å². The Labute approximate surface area is 155 Å². The molecule has 1 aromatic carbocycles. The standard InChI is InChI=1S/C16H14ClN3O5S/c17-7-1-2-12-9(3-7)18-15(26-12)8-5-20(16(24)19-14(8)23)13-4-10(22)11(6-21)25-13/h1-3,5,10-11,13,21-22H,4,6H2,(H,19,23,24)/t10-,11+,13+/m0/s1. The van der Waals surface area contributed by atoms with Crippen LogP contribution >= 0.6 is 22.9 Å². The molecule has 0 spiro atoms. The summed E-state index contributed by atoms with van der Waals surface area (Å²) in [6.07, 6.45) is -0.943. The van der Waals surface area contributed by atoms with Gasteiger partial charge in [0.05, 0.1) is 28.5 Å². The van der Waals surface area contributed by atoms with Crippen molar-refractivity contribution in [3.63, 3.8) is 0 Å². The van der Waals surface area contributed by atoms with Crippen molar-refractivity contribution in [2.24, 2.45) is 0 Å². The predicted molar refractivity (Wildman–Crippen MR) is 96.6 cm³/mol. The smallest absolute Gasteiger partial charge is 0.330 e. The molecule has 26 heavy (non-hydrogen) atoms. The van der Waals surface area contributed by atoms with Crippen molar-refractivity contribution in [1.82, 2.24) is 14.5 Å². The number of hydrogen-bond donors (Lipinski definition) is 3. The van der Waals surface area contributed by atoms with Gasteiger partial charge in [-0.2, -0.15) is 0 Å². The molecule has 0 saturated carbocycles. The summed E-state index contributed by atoms with van der Waals surface area (Å²) in [6.45, 7) is -0.360. The minimum Gasteiger partial charge on any atom is -0.394 e. The van der Waals surface area contributed by atoms with E-state index in [1.165, 1.54) is 22.1 Å². The first-order chi connectivity index (χ1) is 12.5. The first-order valence-electron chi connectivity index (χ1n) is 7.82. The average molecular weight is 396 g/mol. The first-order valence-corrected chi connectivity index (χ1v) is 9.02. The summed E-state index contributed by atoms with van der Waals surface area (Å²) in [4.78, 5) is 31.1. The number of nitrogens with one attached hydrogen (secondary N) is 1. The number of aliphatic hydroxyl groups excluding tert-OH is 2. The highest BCUT2D eigenvalue weighted by atomic mass is 35.5. The summed E-state index contributed by atoms with van der Waals surface area (Å²) in [5, 5.41) is 20.1. The highest BCUT2D eigenvalue weighted by Gasteiger charge is 2.35. The van der Waals surface area contributed by atoms with Crippen LogP contribution in [-0.4, -0.2) is 43.6 Å². The fourth-order valence-corrected chi connectivity index (χ4v) is 4.04. The Balaban J connectivity index is 1.79. The largest absolute Gasteiger partial charge is 0.394 e. The molecule has 0 aliphatic carbocycles. The van der Waals surface area contributed by atoms with Gasteiger partial charge in [0.25, 0.3) is 5.56 Å². The number of aromatic nitrogens is 3. The van der Waals surface area contributed by atoms with Crippen LogP contribution in [0.2, 0.25) is 5.02 Å². The molecule has 0 amide bonds. The van der Waals surface area contributed by atoms with Gasteiger partial charge in [-0.1, -0.05) is 11.6 Å². The summed E-state index contributed by atoms with van der Waals surface area (Å²) in [6, 6.07) is 5.24. The summed E-state index contributed by atoms with van der Waals surface area (Å²) >= 11 is 7.27. The number of ether oxygens (including phenoxy) is 1. The fraction of sp³-hybridized carbons (Fsp3) is 0.312. The van der Waals surface area contributed by atoms with E-state index in [0.717, 1.165) is 4.70 Å². The number of hydrogen-bond acceptors (Lipinski definition) is 7. The van der Waals surface area contributed by atoms with E-state index in [1.807, 2.05) is 6.07 Å². The number of halogens is 1. The molecule has 2 aromatic heterocycles. The average Bonchev–Trinajstić information content (AvgIpc) is 3.17. The van der Waals surface area contributed by atoms with Crippen LogP contribution in [-0.2, 0) is 4.74 Å². The highest BCUT2D eigenvalue weighted by Crippen LogP contribution is 2.31. The molecule has 1 fully saturated rings. The molecule has 136 valence electrons. The van der Waals surface area contributed by atoms with Gasteiger partial charge in [0.15, 0.2) is 0 Å². The van der Waals surface area contributed by atoms with Crippen molar-refractivity contribution in [3.05, 3.63) is 50.3 Å². The van der Waals surface area contributed by atoms with Gasteiger partial charge in [0, 0.05) is 17.6 Å². The third kappa shape index (κ3) is 2.97. The minimum atomic E-state index is -0.892. The van der Waals surface area contributed by atoms with Crippen LogP contribution in [0.15, 0.2) is 34.0 Å². The Morgan fingerprint density at radius 3 is 2.96 bits per heavy atom. The molecule has 0 unspecified atom stereocenters. The molecule has 4 rings (SSSR count). The summed E-state index contributed by atoms with van der Waals surface area (Å²) in [5.41, 5.74) is -0.345. The number of thiazole rings is 1. The molecule has 1 aliphatic heterocycles. The lowest BCUT2D eigenvalue weighted by molar-refractivity contribution is -0.0458.